The number of allylic oxidation sites excluding steroid dienone is 3. The van der Waals surface area contributed by atoms with Crippen LogP contribution in [0.1, 0.15) is 106 Å². The third-order valence-corrected chi connectivity index (χ3v) is 15.0. The van der Waals surface area contributed by atoms with Crippen LogP contribution in [-0.2, 0) is 9.59 Å². The van der Waals surface area contributed by atoms with E-state index in [1.807, 2.05) is 24.3 Å². The summed E-state index contributed by atoms with van der Waals surface area (Å²) in [6.45, 7) is 22.2. The first kappa shape index (κ1) is 35.2. The highest BCUT2D eigenvalue weighted by molar-refractivity contribution is 7.80. The van der Waals surface area contributed by atoms with Crippen LogP contribution in [-0.4, -0.2) is 37.0 Å². The number of amides is 1. The van der Waals surface area contributed by atoms with Crippen LogP contribution in [0.25, 0.3) is 0 Å². The van der Waals surface area contributed by atoms with Gasteiger partial charge in [-0.25, -0.2) is 0 Å². The van der Waals surface area contributed by atoms with E-state index in [0.717, 1.165) is 74.8 Å². The lowest BCUT2D eigenvalue weighted by Gasteiger charge is -2.70. The van der Waals surface area contributed by atoms with Gasteiger partial charge >= 0.3 is 0 Å². The molecule has 1 aromatic carbocycles. The second-order valence-electron chi connectivity index (χ2n) is 18.1. The normalized spacial score (nSPS) is 37.8. The molecule has 6 rings (SSSR count). The lowest BCUT2D eigenvalue weighted by molar-refractivity contribution is -0.179. The highest BCUT2D eigenvalue weighted by Crippen LogP contribution is 2.75. The van der Waals surface area contributed by atoms with Gasteiger partial charge < -0.3 is 20.7 Å². The largest absolute Gasteiger partial charge is 0.497 e. The molecule has 4 fully saturated rings. The Labute approximate surface area is 294 Å². The summed E-state index contributed by atoms with van der Waals surface area (Å²) in [5, 5.41) is 10.4. The van der Waals surface area contributed by atoms with Crippen LogP contribution in [0.5, 0.6) is 5.75 Å². The van der Waals surface area contributed by atoms with Gasteiger partial charge in [0, 0.05) is 24.2 Å². The van der Waals surface area contributed by atoms with Crippen LogP contribution >= 0.6 is 12.2 Å². The molecule has 1 aromatic rings. The summed E-state index contributed by atoms with van der Waals surface area (Å²) in [6.07, 6.45) is 11.7. The van der Waals surface area contributed by atoms with Crippen LogP contribution in [0.4, 0.5) is 5.69 Å². The maximum absolute atomic E-state index is 14.4. The van der Waals surface area contributed by atoms with Crippen molar-refractivity contribution in [2.45, 2.75) is 106 Å². The fourth-order valence-corrected chi connectivity index (χ4v) is 12.2. The summed E-state index contributed by atoms with van der Waals surface area (Å²) in [7, 11) is 1.65. The second-order valence-corrected chi connectivity index (χ2v) is 18.5. The van der Waals surface area contributed by atoms with Crippen molar-refractivity contribution >= 4 is 34.7 Å². The van der Waals surface area contributed by atoms with Crippen molar-refractivity contribution in [3.8, 4) is 5.75 Å². The molecule has 0 saturated heterocycles. The summed E-state index contributed by atoms with van der Waals surface area (Å²) in [5.41, 5.74) is 2.90. The Morgan fingerprint density at radius 3 is 2.29 bits per heavy atom. The van der Waals surface area contributed by atoms with Crippen LogP contribution in [0.15, 0.2) is 48.1 Å². The van der Waals surface area contributed by atoms with E-state index in [9.17, 15) is 9.59 Å². The quantitative estimate of drug-likeness (QED) is 0.121. The number of rotatable bonds is 6. The van der Waals surface area contributed by atoms with E-state index in [1.165, 1.54) is 0 Å². The number of ether oxygens (including phenoxy) is 1. The number of methoxy groups -OCH3 is 1. The molecule has 0 spiro atoms. The molecule has 0 radical (unpaired) electrons. The first-order valence-electron chi connectivity index (χ1n) is 18.3. The monoisotopic (exact) mass is 673 g/mol. The molecule has 3 N–H and O–H groups in total. The van der Waals surface area contributed by atoms with Gasteiger partial charge in [-0.3, -0.25) is 9.59 Å². The van der Waals surface area contributed by atoms with Crippen molar-refractivity contribution in [3.05, 3.63) is 48.1 Å². The SMILES string of the molecule is C=C1C[C@]2(C)[C@H]3CC=C4[C@@H]5CC(C)(C)CC[C@]5(C(=O)NCCNC(=S)Nc5ccc(OC)cc5)CC[C@@]4(C)[C@]3(C)CC[C@H]2C(C)(C)C1=O. The Balaban J connectivity index is 1.20. The maximum atomic E-state index is 14.4. The zero-order chi connectivity index (χ0) is 34.9. The Bertz CT molecular complexity index is 1530. The number of carbonyl (C=O) groups excluding carboxylic acids is 2. The van der Waals surface area contributed by atoms with E-state index >= 15 is 0 Å². The standard InChI is InChI=1S/C41H59N3O3S/c1-26-24-38(6)31(37(4,5)33(26)45)16-17-40(8)32(38)15-14-29-30-25-36(2,3)18-20-41(30,21-19-39(29,40)7)34(46)42-22-23-43-35(48)44-27-10-12-28(47-9)13-11-27/h10-14,30-32H,1,15-25H2,2-9H3,(H,42,46)(H2,43,44,48)/t30-,31-,32+,38-,39+,40+,41-/m0/s1. The summed E-state index contributed by atoms with van der Waals surface area (Å²) in [5.74, 6) is 2.39. The Kier molecular flexibility index (Phi) is 8.78. The zero-order valence-corrected chi connectivity index (χ0v) is 31.6. The molecule has 0 aromatic heterocycles. The van der Waals surface area contributed by atoms with E-state index in [-0.39, 0.29) is 50.1 Å². The summed E-state index contributed by atoms with van der Waals surface area (Å²) >= 11 is 5.52. The van der Waals surface area contributed by atoms with Gasteiger partial charge in [-0.05, 0) is 139 Å². The molecule has 0 bridgehead atoms. The van der Waals surface area contributed by atoms with Gasteiger partial charge in [0.15, 0.2) is 10.9 Å². The number of nitrogens with one attached hydrogen (secondary N) is 3. The van der Waals surface area contributed by atoms with Crippen LogP contribution < -0.4 is 20.7 Å². The van der Waals surface area contributed by atoms with E-state index in [4.69, 9.17) is 17.0 Å². The number of benzene rings is 1. The predicted molar refractivity (Wildman–Crippen MR) is 199 cm³/mol. The molecule has 5 aliphatic carbocycles. The molecule has 7 atom stereocenters. The van der Waals surface area contributed by atoms with Crippen LogP contribution in [0.3, 0.4) is 0 Å². The molecule has 0 aliphatic heterocycles. The van der Waals surface area contributed by atoms with Gasteiger partial charge in [-0.15, -0.1) is 0 Å². The molecule has 0 heterocycles. The minimum atomic E-state index is -0.374. The molecule has 262 valence electrons. The molecule has 6 nitrogen and oxygen atoms in total. The first-order valence-corrected chi connectivity index (χ1v) is 18.7. The topological polar surface area (TPSA) is 79.5 Å². The molecular weight excluding hydrogens is 615 g/mol. The van der Waals surface area contributed by atoms with Gasteiger partial charge in [-0.2, -0.15) is 0 Å². The number of ketones is 1. The summed E-state index contributed by atoms with van der Waals surface area (Å²) < 4.78 is 5.24. The van der Waals surface area contributed by atoms with E-state index in [0.29, 0.717) is 30.0 Å². The minimum absolute atomic E-state index is 0.0273. The maximum Gasteiger partial charge on any atom is 0.226 e. The lowest BCUT2D eigenvalue weighted by atomic mass is 9.33. The summed E-state index contributed by atoms with van der Waals surface area (Å²) in [4.78, 5) is 27.8. The van der Waals surface area contributed by atoms with Gasteiger partial charge in [0.2, 0.25) is 5.91 Å². The fourth-order valence-electron chi connectivity index (χ4n) is 12.0. The van der Waals surface area contributed by atoms with E-state index in [1.54, 1.807) is 12.7 Å². The molecule has 1 amide bonds. The van der Waals surface area contributed by atoms with Gasteiger partial charge in [-0.1, -0.05) is 66.7 Å². The van der Waals surface area contributed by atoms with Crippen LogP contribution in [0.2, 0.25) is 0 Å². The average molecular weight is 674 g/mol. The van der Waals surface area contributed by atoms with Crippen LogP contribution in [0, 0.1) is 50.2 Å². The van der Waals surface area contributed by atoms with E-state index < -0.39 is 0 Å². The minimum Gasteiger partial charge on any atom is -0.497 e. The number of fused-ring (bicyclic) bond motifs is 7. The number of thiocarbonyl (C=S) groups is 1. The lowest BCUT2D eigenvalue weighted by Crippen LogP contribution is -2.65. The predicted octanol–water partition coefficient (Wildman–Crippen LogP) is 8.63. The van der Waals surface area contributed by atoms with Crippen molar-refractivity contribution in [1.82, 2.24) is 10.6 Å². The summed E-state index contributed by atoms with van der Waals surface area (Å²) in [6, 6.07) is 7.64. The number of anilines is 1. The molecule has 5 aliphatic rings. The smallest absolute Gasteiger partial charge is 0.226 e. The third-order valence-electron chi connectivity index (χ3n) is 14.8. The first-order chi connectivity index (χ1) is 22.4. The molecule has 4 saturated carbocycles. The highest BCUT2D eigenvalue weighted by Gasteiger charge is 2.69. The number of carbonyl (C=O) groups is 2. The van der Waals surface area contributed by atoms with E-state index in [2.05, 4.69) is 77.1 Å². The fraction of sp³-hybridized carbons (Fsp3) is 0.683. The molecule has 0 unspecified atom stereocenters. The van der Waals surface area contributed by atoms with Crippen molar-refractivity contribution in [1.29, 1.82) is 0 Å². The second kappa shape index (κ2) is 12.0. The van der Waals surface area contributed by atoms with Crippen molar-refractivity contribution in [2.24, 2.45) is 50.2 Å². The average Bonchev–Trinajstić information content (AvgIpc) is 3.02. The number of hydrogen-bond donors (Lipinski definition) is 3. The van der Waals surface area contributed by atoms with Crippen molar-refractivity contribution in [3.63, 3.8) is 0 Å². The van der Waals surface area contributed by atoms with Gasteiger partial charge in [0.1, 0.15) is 5.75 Å². The third kappa shape index (κ3) is 5.36. The highest BCUT2D eigenvalue weighted by atomic mass is 32.1. The Morgan fingerprint density at radius 1 is 0.938 bits per heavy atom. The zero-order valence-electron chi connectivity index (χ0n) is 30.7. The Morgan fingerprint density at radius 2 is 1.60 bits per heavy atom. The van der Waals surface area contributed by atoms with Gasteiger partial charge in [0.05, 0.1) is 12.5 Å². The molecular formula is C41H59N3O3S. The molecule has 48 heavy (non-hydrogen) atoms. The number of Topliss-reactive ketones (excluding diaryl/α,β-unsaturated/α-hetero) is 1. The molecule has 7 heteroatoms. The Hall–Kier alpha value is -2.67. The van der Waals surface area contributed by atoms with Crippen molar-refractivity contribution in [2.75, 3.05) is 25.5 Å². The number of hydrogen-bond acceptors (Lipinski definition) is 4. The van der Waals surface area contributed by atoms with Crippen molar-refractivity contribution < 1.29 is 14.3 Å². The van der Waals surface area contributed by atoms with Gasteiger partial charge in [0.25, 0.3) is 0 Å².